The van der Waals surface area contributed by atoms with Crippen molar-refractivity contribution in [3.8, 4) is 0 Å². The number of para-hydroxylation sites is 1. The lowest BCUT2D eigenvalue weighted by atomic mass is 9.86. The highest BCUT2D eigenvalue weighted by atomic mass is 16.6. The van der Waals surface area contributed by atoms with Crippen molar-refractivity contribution in [3.05, 3.63) is 39.9 Å². The molecular weight excluding hydrogens is 256 g/mol. The molecule has 0 aliphatic heterocycles. The predicted octanol–water partition coefficient (Wildman–Crippen LogP) is 2.58. The van der Waals surface area contributed by atoms with E-state index >= 15 is 0 Å². The van der Waals surface area contributed by atoms with Crippen molar-refractivity contribution in [2.75, 3.05) is 13.7 Å². The molecule has 0 unspecified atom stereocenters. The molecule has 0 bridgehead atoms. The molecule has 20 heavy (non-hydrogen) atoms. The van der Waals surface area contributed by atoms with Crippen LogP contribution in [0.25, 0.3) is 0 Å². The number of hydrogen-bond donors (Lipinski definition) is 1. The molecule has 0 spiro atoms. The SMILES string of the molecule is CN(Cc1ccccc1[N+](=O)[O-])C1CCC(CO)CC1. The lowest BCUT2D eigenvalue weighted by Crippen LogP contribution is -2.35. The fourth-order valence-electron chi connectivity index (χ4n) is 2.99. The van der Waals surface area contributed by atoms with Gasteiger partial charge in [0.1, 0.15) is 0 Å². The molecule has 0 heterocycles. The Bertz CT molecular complexity index is 456. The predicted molar refractivity (Wildman–Crippen MR) is 77.4 cm³/mol. The molecule has 0 radical (unpaired) electrons. The van der Waals surface area contributed by atoms with Gasteiger partial charge >= 0.3 is 0 Å². The Morgan fingerprint density at radius 2 is 1.95 bits per heavy atom. The molecule has 2 rings (SSSR count). The van der Waals surface area contributed by atoms with Crippen LogP contribution in [0.5, 0.6) is 0 Å². The van der Waals surface area contributed by atoms with E-state index in [0.717, 1.165) is 31.2 Å². The molecule has 0 atom stereocenters. The van der Waals surface area contributed by atoms with Crippen LogP contribution in [0.2, 0.25) is 0 Å². The summed E-state index contributed by atoms with van der Waals surface area (Å²) in [7, 11) is 2.03. The summed E-state index contributed by atoms with van der Waals surface area (Å²) in [5, 5.41) is 20.2. The molecule has 1 aliphatic carbocycles. The van der Waals surface area contributed by atoms with Crippen LogP contribution in [0.15, 0.2) is 24.3 Å². The lowest BCUT2D eigenvalue weighted by Gasteiger charge is -2.34. The summed E-state index contributed by atoms with van der Waals surface area (Å²) in [5.74, 6) is 0.436. The van der Waals surface area contributed by atoms with Crippen LogP contribution in [-0.4, -0.2) is 34.6 Å². The van der Waals surface area contributed by atoms with Crippen LogP contribution >= 0.6 is 0 Å². The summed E-state index contributed by atoms with van der Waals surface area (Å²) in [4.78, 5) is 12.9. The van der Waals surface area contributed by atoms with Crippen LogP contribution in [-0.2, 0) is 6.54 Å². The summed E-state index contributed by atoms with van der Waals surface area (Å²) < 4.78 is 0. The molecule has 5 nitrogen and oxygen atoms in total. The zero-order chi connectivity index (χ0) is 14.5. The minimum atomic E-state index is -0.314. The molecule has 1 fully saturated rings. The van der Waals surface area contributed by atoms with Crippen LogP contribution in [0.4, 0.5) is 5.69 Å². The van der Waals surface area contributed by atoms with Crippen molar-refractivity contribution in [1.29, 1.82) is 0 Å². The van der Waals surface area contributed by atoms with Gasteiger partial charge in [0, 0.05) is 30.8 Å². The van der Waals surface area contributed by atoms with Crippen molar-refractivity contribution in [2.24, 2.45) is 5.92 Å². The van der Waals surface area contributed by atoms with Crippen LogP contribution in [0, 0.1) is 16.0 Å². The highest BCUT2D eigenvalue weighted by Gasteiger charge is 2.24. The van der Waals surface area contributed by atoms with Crippen molar-refractivity contribution in [1.82, 2.24) is 4.90 Å². The van der Waals surface area contributed by atoms with Crippen LogP contribution < -0.4 is 0 Å². The van der Waals surface area contributed by atoms with E-state index in [2.05, 4.69) is 4.90 Å². The van der Waals surface area contributed by atoms with E-state index in [1.165, 1.54) is 0 Å². The summed E-state index contributed by atoms with van der Waals surface area (Å²) in [5.41, 5.74) is 0.965. The molecule has 1 aliphatic rings. The van der Waals surface area contributed by atoms with E-state index in [0.29, 0.717) is 18.5 Å². The zero-order valence-electron chi connectivity index (χ0n) is 11.9. The molecule has 5 heteroatoms. The molecule has 1 aromatic rings. The van der Waals surface area contributed by atoms with Gasteiger partial charge in [-0.25, -0.2) is 0 Å². The topological polar surface area (TPSA) is 66.6 Å². The Hall–Kier alpha value is -1.46. The van der Waals surface area contributed by atoms with E-state index in [-0.39, 0.29) is 17.2 Å². The van der Waals surface area contributed by atoms with E-state index in [1.807, 2.05) is 19.2 Å². The highest BCUT2D eigenvalue weighted by Crippen LogP contribution is 2.28. The minimum absolute atomic E-state index is 0.198. The van der Waals surface area contributed by atoms with E-state index < -0.39 is 0 Å². The second-order valence-corrected chi connectivity index (χ2v) is 5.66. The van der Waals surface area contributed by atoms with E-state index in [4.69, 9.17) is 5.11 Å². The maximum absolute atomic E-state index is 11.0. The molecule has 0 saturated heterocycles. The van der Waals surface area contributed by atoms with Crippen LogP contribution in [0.1, 0.15) is 31.2 Å². The first-order valence-electron chi connectivity index (χ1n) is 7.15. The van der Waals surface area contributed by atoms with Gasteiger partial charge < -0.3 is 5.11 Å². The number of rotatable bonds is 5. The first kappa shape index (κ1) is 14.9. The number of hydrogen-bond acceptors (Lipinski definition) is 4. The lowest BCUT2D eigenvalue weighted by molar-refractivity contribution is -0.385. The maximum atomic E-state index is 11.0. The molecular formula is C15H22N2O3. The smallest absolute Gasteiger partial charge is 0.273 e. The van der Waals surface area contributed by atoms with E-state index in [1.54, 1.807) is 12.1 Å². The highest BCUT2D eigenvalue weighted by molar-refractivity contribution is 5.39. The van der Waals surface area contributed by atoms with Gasteiger partial charge in [-0.15, -0.1) is 0 Å². The fourth-order valence-corrected chi connectivity index (χ4v) is 2.99. The van der Waals surface area contributed by atoms with Crippen molar-refractivity contribution >= 4 is 5.69 Å². The van der Waals surface area contributed by atoms with Gasteiger partial charge in [0.2, 0.25) is 0 Å². The third-order valence-corrected chi connectivity index (χ3v) is 4.31. The van der Waals surface area contributed by atoms with Gasteiger partial charge in [-0.2, -0.15) is 0 Å². The van der Waals surface area contributed by atoms with Crippen molar-refractivity contribution in [3.63, 3.8) is 0 Å². The van der Waals surface area contributed by atoms with Gasteiger partial charge in [-0.3, -0.25) is 15.0 Å². The van der Waals surface area contributed by atoms with Gasteiger partial charge in [-0.05, 0) is 38.6 Å². The minimum Gasteiger partial charge on any atom is -0.396 e. The van der Waals surface area contributed by atoms with E-state index in [9.17, 15) is 10.1 Å². The number of benzene rings is 1. The third-order valence-electron chi connectivity index (χ3n) is 4.31. The summed E-state index contributed by atoms with van der Waals surface area (Å²) in [6, 6.07) is 7.39. The van der Waals surface area contributed by atoms with Gasteiger partial charge in [0.05, 0.1) is 4.92 Å². The number of nitro groups is 1. The normalized spacial score (nSPS) is 22.9. The Morgan fingerprint density at radius 1 is 1.30 bits per heavy atom. The molecule has 1 N–H and O–H groups in total. The Morgan fingerprint density at radius 3 is 2.55 bits per heavy atom. The Balaban J connectivity index is 1.98. The summed E-state index contributed by atoms with van der Waals surface area (Å²) in [6.45, 7) is 0.881. The number of nitro benzene ring substituents is 1. The van der Waals surface area contributed by atoms with Gasteiger partial charge in [0.25, 0.3) is 5.69 Å². The molecule has 1 saturated carbocycles. The first-order chi connectivity index (χ1) is 9.61. The standard InChI is InChI=1S/C15H22N2O3/c1-16(14-8-6-12(11-18)7-9-14)10-13-4-2-3-5-15(13)17(19)20/h2-5,12,14,18H,6-11H2,1H3. The first-order valence-corrected chi connectivity index (χ1v) is 7.15. The Labute approximate surface area is 119 Å². The van der Waals surface area contributed by atoms with Crippen molar-refractivity contribution in [2.45, 2.75) is 38.3 Å². The maximum Gasteiger partial charge on any atom is 0.273 e. The third kappa shape index (κ3) is 3.55. The Kier molecular flexibility index (Phi) is 5.09. The molecule has 0 amide bonds. The fraction of sp³-hybridized carbons (Fsp3) is 0.600. The number of nitrogens with zero attached hydrogens (tertiary/aromatic N) is 2. The molecule has 0 aromatic heterocycles. The number of aliphatic hydroxyl groups is 1. The summed E-state index contributed by atoms with van der Waals surface area (Å²) >= 11 is 0. The second kappa shape index (κ2) is 6.81. The van der Waals surface area contributed by atoms with Gasteiger partial charge in [0.15, 0.2) is 0 Å². The average molecular weight is 278 g/mol. The van der Waals surface area contributed by atoms with Crippen LogP contribution in [0.3, 0.4) is 0 Å². The summed E-state index contributed by atoms with van der Waals surface area (Å²) in [6.07, 6.45) is 4.20. The quantitative estimate of drug-likeness (QED) is 0.664. The second-order valence-electron chi connectivity index (χ2n) is 5.66. The average Bonchev–Trinajstić information content (AvgIpc) is 2.47. The number of aliphatic hydroxyl groups excluding tert-OH is 1. The largest absolute Gasteiger partial charge is 0.396 e. The monoisotopic (exact) mass is 278 g/mol. The molecule has 110 valence electrons. The van der Waals surface area contributed by atoms with Gasteiger partial charge in [-0.1, -0.05) is 18.2 Å². The van der Waals surface area contributed by atoms with Crippen molar-refractivity contribution < 1.29 is 10.0 Å². The zero-order valence-corrected chi connectivity index (χ0v) is 11.9. The molecule has 1 aromatic carbocycles.